The molecule has 0 aliphatic carbocycles. The van der Waals surface area contributed by atoms with Crippen molar-refractivity contribution in [2.75, 3.05) is 18.0 Å². The van der Waals surface area contributed by atoms with Gasteiger partial charge in [0.2, 0.25) is 0 Å². The predicted octanol–water partition coefficient (Wildman–Crippen LogP) is 3.60. The number of fused-ring (bicyclic) bond motifs is 1. The van der Waals surface area contributed by atoms with Crippen LogP contribution >= 0.6 is 0 Å². The van der Waals surface area contributed by atoms with E-state index in [-0.39, 0.29) is 11.3 Å². The van der Waals surface area contributed by atoms with Crippen molar-refractivity contribution in [3.8, 4) is 22.8 Å². The van der Waals surface area contributed by atoms with Crippen LogP contribution < -0.4 is 9.64 Å². The van der Waals surface area contributed by atoms with Gasteiger partial charge in [-0.1, -0.05) is 0 Å². The highest BCUT2D eigenvalue weighted by Crippen LogP contribution is 2.36. The topological polar surface area (TPSA) is 62.9 Å². The smallest absolute Gasteiger partial charge is 0.507 e. The van der Waals surface area contributed by atoms with Crippen molar-refractivity contribution < 1.29 is 23.0 Å². The standard InChI is InChI=1S/C17H15F3N4O2/c18-17(19,20)26-11-3-4-14(25)12(9-11)13-10-22-16-15(21-5-8-24(13)16)23-6-1-2-7-23/h3-5,8-10,25H,1-2,6-7H2. The molecule has 0 atom stereocenters. The zero-order valence-corrected chi connectivity index (χ0v) is 13.6. The third-order valence-corrected chi connectivity index (χ3v) is 4.29. The summed E-state index contributed by atoms with van der Waals surface area (Å²) in [5.74, 6) is 0.147. The lowest BCUT2D eigenvalue weighted by Gasteiger charge is -2.17. The molecule has 0 amide bonds. The Labute approximate surface area is 146 Å². The van der Waals surface area contributed by atoms with Crippen LogP contribution in [0.3, 0.4) is 0 Å². The van der Waals surface area contributed by atoms with Gasteiger partial charge in [-0.05, 0) is 31.0 Å². The first kappa shape index (κ1) is 16.5. The number of nitrogens with zero attached hydrogens (tertiary/aromatic N) is 4. The molecule has 2 aromatic heterocycles. The highest BCUT2D eigenvalue weighted by Gasteiger charge is 2.31. The Morgan fingerprint density at radius 1 is 1.12 bits per heavy atom. The molecule has 0 unspecified atom stereocenters. The van der Waals surface area contributed by atoms with E-state index >= 15 is 0 Å². The van der Waals surface area contributed by atoms with E-state index in [9.17, 15) is 18.3 Å². The molecule has 0 saturated carbocycles. The van der Waals surface area contributed by atoms with Crippen molar-refractivity contribution in [1.82, 2.24) is 14.4 Å². The highest BCUT2D eigenvalue weighted by molar-refractivity contribution is 5.75. The van der Waals surface area contributed by atoms with Crippen LogP contribution in [0.5, 0.6) is 11.5 Å². The Bertz CT molecular complexity index is 949. The van der Waals surface area contributed by atoms with Crippen molar-refractivity contribution in [2.45, 2.75) is 19.2 Å². The lowest BCUT2D eigenvalue weighted by molar-refractivity contribution is -0.274. The van der Waals surface area contributed by atoms with Crippen LogP contribution in [-0.4, -0.2) is 38.9 Å². The minimum atomic E-state index is -4.80. The number of imidazole rings is 1. The summed E-state index contributed by atoms with van der Waals surface area (Å²) in [5.41, 5.74) is 1.23. The summed E-state index contributed by atoms with van der Waals surface area (Å²) >= 11 is 0. The average Bonchev–Trinajstić information content (AvgIpc) is 3.24. The number of rotatable bonds is 3. The summed E-state index contributed by atoms with van der Waals surface area (Å²) in [6.45, 7) is 1.77. The van der Waals surface area contributed by atoms with E-state index in [4.69, 9.17) is 0 Å². The summed E-state index contributed by atoms with van der Waals surface area (Å²) in [4.78, 5) is 10.9. The maximum absolute atomic E-state index is 12.5. The second-order valence-corrected chi connectivity index (χ2v) is 6.01. The van der Waals surface area contributed by atoms with E-state index < -0.39 is 12.1 Å². The molecule has 0 radical (unpaired) electrons. The molecule has 9 heteroatoms. The summed E-state index contributed by atoms with van der Waals surface area (Å²) in [5, 5.41) is 10.1. The number of anilines is 1. The summed E-state index contributed by atoms with van der Waals surface area (Å²) in [6.07, 6.45) is 2.12. The molecule has 136 valence electrons. The monoisotopic (exact) mass is 364 g/mol. The SMILES string of the molecule is Oc1ccc(OC(F)(F)F)cc1-c1cnc2c(N3CCCC3)nccn12. The van der Waals surface area contributed by atoms with E-state index in [0.29, 0.717) is 11.3 Å². The summed E-state index contributed by atoms with van der Waals surface area (Å²) in [7, 11) is 0. The zero-order valence-electron chi connectivity index (χ0n) is 13.6. The van der Waals surface area contributed by atoms with Gasteiger partial charge in [0.1, 0.15) is 11.5 Å². The van der Waals surface area contributed by atoms with E-state index in [1.54, 1.807) is 16.8 Å². The highest BCUT2D eigenvalue weighted by atomic mass is 19.4. The van der Waals surface area contributed by atoms with Gasteiger partial charge < -0.3 is 14.7 Å². The van der Waals surface area contributed by atoms with Gasteiger partial charge in [0.25, 0.3) is 0 Å². The molecule has 6 nitrogen and oxygen atoms in total. The molecule has 3 aromatic rings. The Kier molecular flexibility index (Phi) is 3.86. The number of aromatic nitrogens is 3. The molecule has 1 fully saturated rings. The molecule has 1 aromatic carbocycles. The first-order valence-electron chi connectivity index (χ1n) is 8.08. The van der Waals surface area contributed by atoms with Gasteiger partial charge >= 0.3 is 6.36 Å². The fraction of sp³-hybridized carbons (Fsp3) is 0.294. The number of halogens is 3. The molecule has 0 bridgehead atoms. The molecular formula is C17H15F3N4O2. The Morgan fingerprint density at radius 3 is 2.62 bits per heavy atom. The first-order chi connectivity index (χ1) is 12.4. The van der Waals surface area contributed by atoms with Gasteiger partial charge in [-0.3, -0.25) is 4.40 Å². The van der Waals surface area contributed by atoms with Crippen molar-refractivity contribution in [3.05, 3.63) is 36.8 Å². The lowest BCUT2D eigenvalue weighted by Crippen LogP contribution is -2.20. The largest absolute Gasteiger partial charge is 0.573 e. The van der Waals surface area contributed by atoms with Crippen molar-refractivity contribution in [3.63, 3.8) is 0 Å². The molecule has 3 heterocycles. The molecule has 0 spiro atoms. The normalized spacial score (nSPS) is 15.0. The third-order valence-electron chi connectivity index (χ3n) is 4.29. The maximum atomic E-state index is 12.5. The predicted molar refractivity (Wildman–Crippen MR) is 88.2 cm³/mol. The van der Waals surface area contributed by atoms with E-state index in [1.807, 2.05) is 0 Å². The Hall–Kier alpha value is -2.97. The van der Waals surface area contributed by atoms with Crippen LogP contribution in [0.4, 0.5) is 19.0 Å². The van der Waals surface area contributed by atoms with Gasteiger partial charge in [-0.2, -0.15) is 0 Å². The van der Waals surface area contributed by atoms with Crippen LogP contribution in [0.2, 0.25) is 0 Å². The number of phenols is 1. The van der Waals surface area contributed by atoms with Gasteiger partial charge in [0, 0.05) is 31.0 Å². The third kappa shape index (κ3) is 3.00. The molecular weight excluding hydrogens is 349 g/mol. The van der Waals surface area contributed by atoms with Gasteiger partial charge in [0.05, 0.1) is 11.9 Å². The molecule has 1 saturated heterocycles. The van der Waals surface area contributed by atoms with Gasteiger partial charge in [0.15, 0.2) is 11.5 Å². The van der Waals surface area contributed by atoms with Crippen LogP contribution in [0.1, 0.15) is 12.8 Å². The van der Waals surface area contributed by atoms with Crippen molar-refractivity contribution in [2.24, 2.45) is 0 Å². The fourth-order valence-electron chi connectivity index (χ4n) is 3.17. The van der Waals surface area contributed by atoms with Crippen LogP contribution in [0.25, 0.3) is 16.9 Å². The van der Waals surface area contributed by atoms with E-state index in [1.165, 1.54) is 12.3 Å². The first-order valence-corrected chi connectivity index (χ1v) is 8.08. The van der Waals surface area contributed by atoms with Crippen LogP contribution in [0.15, 0.2) is 36.8 Å². The van der Waals surface area contributed by atoms with Crippen molar-refractivity contribution >= 4 is 11.5 Å². The van der Waals surface area contributed by atoms with Crippen LogP contribution in [-0.2, 0) is 0 Å². The number of benzene rings is 1. The van der Waals surface area contributed by atoms with Gasteiger partial charge in [-0.15, -0.1) is 13.2 Å². The van der Waals surface area contributed by atoms with E-state index in [0.717, 1.165) is 43.9 Å². The fourth-order valence-corrected chi connectivity index (χ4v) is 3.17. The number of ether oxygens (including phenoxy) is 1. The Balaban J connectivity index is 1.80. The quantitative estimate of drug-likeness (QED) is 0.769. The average molecular weight is 364 g/mol. The number of hydrogen-bond acceptors (Lipinski definition) is 5. The Morgan fingerprint density at radius 2 is 1.88 bits per heavy atom. The second-order valence-electron chi connectivity index (χ2n) is 6.01. The van der Waals surface area contributed by atoms with Crippen molar-refractivity contribution in [1.29, 1.82) is 0 Å². The zero-order chi connectivity index (χ0) is 18.3. The molecule has 26 heavy (non-hydrogen) atoms. The molecule has 1 aliphatic rings. The maximum Gasteiger partial charge on any atom is 0.573 e. The number of hydrogen-bond donors (Lipinski definition) is 1. The minimum absolute atomic E-state index is 0.166. The molecule has 1 aliphatic heterocycles. The summed E-state index contributed by atoms with van der Waals surface area (Å²) < 4.78 is 43.1. The molecule has 4 rings (SSSR count). The number of alkyl halides is 3. The number of aromatic hydroxyl groups is 1. The second kappa shape index (κ2) is 6.08. The van der Waals surface area contributed by atoms with Crippen LogP contribution in [0, 0.1) is 0 Å². The molecule has 1 N–H and O–H groups in total. The number of phenolic OH excluding ortho intramolecular Hbond substituents is 1. The van der Waals surface area contributed by atoms with Gasteiger partial charge in [-0.25, -0.2) is 9.97 Å². The minimum Gasteiger partial charge on any atom is -0.507 e. The summed E-state index contributed by atoms with van der Waals surface area (Å²) in [6, 6.07) is 3.37. The van der Waals surface area contributed by atoms with E-state index in [2.05, 4.69) is 19.6 Å². The lowest BCUT2D eigenvalue weighted by atomic mass is 10.1.